The highest BCUT2D eigenvalue weighted by molar-refractivity contribution is 9.10. The third kappa shape index (κ3) is 7.06. The molecule has 2 saturated heterocycles. The van der Waals surface area contributed by atoms with Crippen LogP contribution in [0.3, 0.4) is 0 Å². The van der Waals surface area contributed by atoms with Gasteiger partial charge in [-0.05, 0) is 62.8 Å². The summed E-state index contributed by atoms with van der Waals surface area (Å²) in [7, 11) is 1.63. The minimum Gasteiger partial charge on any atom is -0.508 e. The Labute approximate surface area is 261 Å². The van der Waals surface area contributed by atoms with E-state index in [1.165, 1.54) is 6.92 Å². The van der Waals surface area contributed by atoms with E-state index < -0.39 is 53.2 Å². The van der Waals surface area contributed by atoms with Gasteiger partial charge in [0.2, 0.25) is 5.79 Å². The molecule has 2 fully saturated rings. The second kappa shape index (κ2) is 12.7. The number of aromatic hydroxyl groups is 1. The molecule has 3 N–H and O–H groups in total. The van der Waals surface area contributed by atoms with Crippen molar-refractivity contribution in [1.82, 2.24) is 0 Å². The minimum atomic E-state index is -1.50. The van der Waals surface area contributed by atoms with Gasteiger partial charge in [-0.25, -0.2) is 4.79 Å². The molecule has 3 heterocycles. The lowest BCUT2D eigenvalue weighted by molar-refractivity contribution is -0.371. The van der Waals surface area contributed by atoms with E-state index in [0.29, 0.717) is 12.8 Å². The van der Waals surface area contributed by atoms with Crippen LogP contribution in [0.15, 0.2) is 34.5 Å². The summed E-state index contributed by atoms with van der Waals surface area (Å²) >= 11 is 3.56. The Bertz CT molecular complexity index is 1230. The molecule has 43 heavy (non-hydrogen) atoms. The summed E-state index contributed by atoms with van der Waals surface area (Å²) in [6.45, 7) is 10.9. The van der Waals surface area contributed by atoms with Crippen molar-refractivity contribution in [2.75, 3.05) is 7.11 Å². The molecule has 1 spiro atoms. The maximum absolute atomic E-state index is 13.1. The first-order chi connectivity index (χ1) is 20.0. The second-order valence-corrected chi connectivity index (χ2v) is 14.1. The lowest BCUT2D eigenvalue weighted by Crippen LogP contribution is -2.65. The number of phenolic OH excluding ortho intramolecular Hbond substituents is 1. The fourth-order valence-corrected chi connectivity index (χ4v) is 7.26. The highest BCUT2D eigenvalue weighted by atomic mass is 79.9. The summed E-state index contributed by atoms with van der Waals surface area (Å²) in [5.74, 6) is -2.91. The first kappa shape index (κ1) is 33.7. The van der Waals surface area contributed by atoms with Gasteiger partial charge in [0.25, 0.3) is 0 Å². The van der Waals surface area contributed by atoms with Crippen LogP contribution >= 0.6 is 15.9 Å². The van der Waals surface area contributed by atoms with Crippen molar-refractivity contribution in [3.8, 4) is 5.75 Å². The Morgan fingerprint density at radius 2 is 1.84 bits per heavy atom. The molecule has 1 aromatic carbocycles. The molecule has 4 rings (SSSR count). The van der Waals surface area contributed by atoms with E-state index in [0.717, 1.165) is 16.1 Å². The van der Waals surface area contributed by atoms with Crippen molar-refractivity contribution in [1.29, 1.82) is 0 Å². The quantitative estimate of drug-likeness (QED) is 0.337. The number of cyclic esters (lactones) is 1. The maximum atomic E-state index is 13.1. The topological polar surface area (TPSA) is 141 Å². The number of hydrogen-bond donors (Lipinski definition) is 3. The molecule has 10 nitrogen and oxygen atoms in total. The van der Waals surface area contributed by atoms with E-state index >= 15 is 0 Å². The third-order valence-electron chi connectivity index (χ3n) is 9.29. The van der Waals surface area contributed by atoms with Crippen LogP contribution in [0.2, 0.25) is 0 Å². The summed E-state index contributed by atoms with van der Waals surface area (Å²) in [6.07, 6.45) is -1.13. The number of hydrogen-bond acceptors (Lipinski definition) is 10. The van der Waals surface area contributed by atoms with Gasteiger partial charge in [0.05, 0.1) is 37.2 Å². The van der Waals surface area contributed by atoms with Crippen LogP contribution < -0.4 is 0 Å². The van der Waals surface area contributed by atoms with E-state index in [9.17, 15) is 24.9 Å². The molecule has 0 amide bonds. The second-order valence-electron chi connectivity index (χ2n) is 13.3. The fraction of sp³-hybridized carbons (Fsp3) is 0.688. The van der Waals surface area contributed by atoms with Crippen LogP contribution in [0.5, 0.6) is 5.75 Å². The molecule has 0 aromatic heterocycles. The normalized spacial score (nSPS) is 35.9. The molecule has 9 atom stereocenters. The van der Waals surface area contributed by atoms with Gasteiger partial charge in [-0.2, -0.15) is 0 Å². The highest BCUT2D eigenvalue weighted by Crippen LogP contribution is 2.56. The van der Waals surface area contributed by atoms with Crippen LogP contribution in [0.4, 0.5) is 0 Å². The van der Waals surface area contributed by atoms with Crippen molar-refractivity contribution in [3.05, 3.63) is 40.1 Å². The molecule has 11 heteroatoms. The Kier molecular flexibility index (Phi) is 9.93. The molecule has 3 aliphatic heterocycles. The number of rotatable bonds is 7. The number of carbonyl (C=O) groups excluding carboxylic acids is 2. The van der Waals surface area contributed by atoms with Crippen LogP contribution in [0, 0.1) is 17.3 Å². The number of aliphatic hydroxyl groups is 2. The standard InChI is InChI=1S/C32H45BrO10/c1-17(8-11-23(39-7)21-12-20(35)9-10-22(21)33)29-18(2)25-15-32(43-29)30(4,5)16-31(6,38)26(42-32)14-28(37)40-24(19(3)34)13-27(36)41-25/h9-10,12,14,17-19,23-25,29,34-35,38H,8,11,13,15-16H2,1-7H3/b26-14+/t17-,18-,19+,23-,24+,25-,29+,31-,32+/m0/s1. The van der Waals surface area contributed by atoms with Crippen LogP contribution in [-0.2, 0) is 33.3 Å². The van der Waals surface area contributed by atoms with Gasteiger partial charge in [0.15, 0.2) is 0 Å². The third-order valence-corrected chi connectivity index (χ3v) is 10.0. The highest BCUT2D eigenvalue weighted by Gasteiger charge is 2.63. The predicted octanol–water partition coefficient (Wildman–Crippen LogP) is 5.07. The zero-order chi connectivity index (χ0) is 31.9. The average molecular weight is 670 g/mol. The first-order valence-corrected chi connectivity index (χ1v) is 15.7. The number of benzene rings is 1. The van der Waals surface area contributed by atoms with Crippen LogP contribution in [-0.4, -0.2) is 70.2 Å². The molecule has 0 radical (unpaired) electrons. The number of ether oxygens (including phenoxy) is 5. The Morgan fingerprint density at radius 3 is 2.49 bits per heavy atom. The Balaban J connectivity index is 1.69. The maximum Gasteiger partial charge on any atom is 0.334 e. The first-order valence-electron chi connectivity index (χ1n) is 14.9. The molecule has 0 saturated carbocycles. The summed E-state index contributed by atoms with van der Waals surface area (Å²) < 4.78 is 31.5. The van der Waals surface area contributed by atoms with Gasteiger partial charge in [0.1, 0.15) is 29.3 Å². The van der Waals surface area contributed by atoms with Crippen LogP contribution in [0.25, 0.3) is 0 Å². The molecule has 0 aliphatic carbocycles. The van der Waals surface area contributed by atoms with Crippen molar-refractivity contribution in [3.63, 3.8) is 0 Å². The smallest absolute Gasteiger partial charge is 0.334 e. The van der Waals surface area contributed by atoms with Gasteiger partial charge < -0.3 is 39.0 Å². The van der Waals surface area contributed by atoms with Gasteiger partial charge in [-0.15, -0.1) is 0 Å². The van der Waals surface area contributed by atoms with Crippen molar-refractivity contribution < 1.29 is 48.6 Å². The lowest BCUT2D eigenvalue weighted by atomic mass is 9.66. The van der Waals surface area contributed by atoms with E-state index in [1.54, 1.807) is 32.2 Å². The van der Waals surface area contributed by atoms with Crippen molar-refractivity contribution in [2.24, 2.45) is 17.3 Å². The number of esters is 2. The number of fused-ring (bicyclic) bond motifs is 2. The zero-order valence-electron chi connectivity index (χ0n) is 26.0. The Hall–Kier alpha value is -2.18. The van der Waals surface area contributed by atoms with E-state index in [1.807, 2.05) is 20.8 Å². The van der Waals surface area contributed by atoms with Gasteiger partial charge >= 0.3 is 11.9 Å². The molecule has 1 aromatic rings. The summed E-state index contributed by atoms with van der Waals surface area (Å²) in [4.78, 5) is 26.0. The number of methoxy groups -OCH3 is 1. The molecular formula is C32H45BrO10. The van der Waals surface area contributed by atoms with E-state index in [4.69, 9.17) is 23.7 Å². The number of carbonyl (C=O) groups is 2. The lowest BCUT2D eigenvalue weighted by Gasteiger charge is -2.59. The Morgan fingerprint density at radius 1 is 1.14 bits per heavy atom. The summed E-state index contributed by atoms with van der Waals surface area (Å²) in [6, 6.07) is 5.07. The summed E-state index contributed by atoms with van der Waals surface area (Å²) in [5, 5.41) is 31.6. The largest absolute Gasteiger partial charge is 0.508 e. The number of phenols is 1. The molecule has 0 unspecified atom stereocenters. The van der Waals surface area contributed by atoms with E-state index in [2.05, 4.69) is 22.9 Å². The van der Waals surface area contributed by atoms with Gasteiger partial charge in [0, 0.05) is 22.9 Å². The fourth-order valence-electron chi connectivity index (χ4n) is 6.75. The van der Waals surface area contributed by atoms with Gasteiger partial charge in [-0.3, -0.25) is 4.79 Å². The number of halogens is 1. The molecule has 3 aliphatic rings. The van der Waals surface area contributed by atoms with E-state index in [-0.39, 0.29) is 48.7 Å². The average Bonchev–Trinajstić information content (AvgIpc) is 2.89. The predicted molar refractivity (Wildman–Crippen MR) is 160 cm³/mol. The number of aliphatic hydroxyl groups excluding tert-OH is 1. The monoisotopic (exact) mass is 668 g/mol. The van der Waals surface area contributed by atoms with Gasteiger partial charge in [-0.1, -0.05) is 43.6 Å². The SMILES string of the molecule is CO[C@@H](CC[C@H](C)[C@H]1O[C@@]23C[C@H](OC(=O)C[C@H]([C@@H](C)O)OC(=O)/C=C(/O2)[C@@](C)(O)CC3(C)C)[C@@H]1C)c1cc(O)ccc1Br. The molecular weight excluding hydrogens is 624 g/mol. The molecule has 3 bridgehead atoms. The van der Waals surface area contributed by atoms with Crippen molar-refractivity contribution in [2.45, 2.75) is 116 Å². The van der Waals surface area contributed by atoms with Crippen molar-refractivity contribution >= 4 is 27.9 Å². The zero-order valence-corrected chi connectivity index (χ0v) is 27.5. The summed E-state index contributed by atoms with van der Waals surface area (Å²) in [5.41, 5.74) is -1.43. The molecule has 240 valence electrons. The minimum absolute atomic E-state index is 0.000886. The van der Waals surface area contributed by atoms with Crippen LogP contribution in [0.1, 0.15) is 85.3 Å².